The zero-order valence-corrected chi connectivity index (χ0v) is 17.7. The Balaban J connectivity index is 1.61. The Labute approximate surface area is 190 Å². The summed E-state index contributed by atoms with van der Waals surface area (Å²) in [5.74, 6) is -0.913. The summed E-state index contributed by atoms with van der Waals surface area (Å²) in [7, 11) is 1.45. The fraction of sp³-hybridized carbons (Fsp3) is 0.190. The summed E-state index contributed by atoms with van der Waals surface area (Å²) in [6, 6.07) is 4.82. The van der Waals surface area contributed by atoms with Gasteiger partial charge in [0.05, 0.1) is 16.3 Å². The number of hydrogen-bond acceptors (Lipinski definition) is 4. The number of rotatable bonds is 5. The molecule has 3 N–H and O–H groups in total. The van der Waals surface area contributed by atoms with E-state index in [-0.39, 0.29) is 23.5 Å². The van der Waals surface area contributed by atoms with Crippen LogP contribution in [0.2, 0.25) is 5.02 Å². The van der Waals surface area contributed by atoms with Gasteiger partial charge in [0.2, 0.25) is 0 Å². The van der Waals surface area contributed by atoms with E-state index >= 15 is 0 Å². The standard InChI is InChI=1S/C21H17ClF4N4O3/c1-27-19(31)18-10-13(6-7-28-18)33-12-3-5-17(16(23)9-12)30-20(32)29-11-2-4-15(22)14(8-11)21(24,25)26/h2,4-10,12H,3H2,1H3,(H,27,31)(H2,29,30,32). The highest BCUT2D eigenvalue weighted by molar-refractivity contribution is 6.31. The van der Waals surface area contributed by atoms with Gasteiger partial charge in [0.15, 0.2) is 0 Å². The summed E-state index contributed by atoms with van der Waals surface area (Å²) in [4.78, 5) is 27.7. The first-order valence-electron chi connectivity index (χ1n) is 9.44. The summed E-state index contributed by atoms with van der Waals surface area (Å²) in [6.07, 6.45) is -1.37. The van der Waals surface area contributed by atoms with Crippen LogP contribution in [0, 0.1) is 0 Å². The number of pyridine rings is 1. The number of nitrogens with zero attached hydrogens (tertiary/aromatic N) is 1. The predicted molar refractivity (Wildman–Crippen MR) is 113 cm³/mol. The molecule has 1 aromatic heterocycles. The molecule has 1 unspecified atom stereocenters. The second-order valence-corrected chi connectivity index (χ2v) is 7.16. The molecule has 3 amide bonds. The third-order valence-corrected chi connectivity index (χ3v) is 4.73. The Morgan fingerprint density at radius 1 is 1.18 bits per heavy atom. The molecule has 7 nitrogen and oxygen atoms in total. The van der Waals surface area contributed by atoms with Gasteiger partial charge in [-0.3, -0.25) is 9.78 Å². The third-order valence-electron chi connectivity index (χ3n) is 4.40. The SMILES string of the molecule is CNC(=O)c1cc(OC2C=C(F)C(NC(=O)Nc3ccc(Cl)c(C(F)(F)F)c3)=CC2)ccn1. The van der Waals surface area contributed by atoms with Crippen LogP contribution in [-0.4, -0.2) is 30.1 Å². The van der Waals surface area contributed by atoms with Gasteiger partial charge in [-0.25, -0.2) is 9.18 Å². The van der Waals surface area contributed by atoms with E-state index in [1.807, 2.05) is 0 Å². The number of carbonyl (C=O) groups is 2. The molecule has 1 aliphatic rings. The Hall–Kier alpha value is -3.60. The van der Waals surface area contributed by atoms with E-state index < -0.39 is 40.6 Å². The molecule has 174 valence electrons. The summed E-state index contributed by atoms with van der Waals surface area (Å²) in [5, 5.41) is 6.36. The number of amides is 3. The number of urea groups is 1. The molecule has 0 saturated carbocycles. The number of ether oxygens (including phenoxy) is 1. The summed E-state index contributed by atoms with van der Waals surface area (Å²) >= 11 is 5.55. The smallest absolute Gasteiger partial charge is 0.417 e. The fourth-order valence-electron chi connectivity index (χ4n) is 2.86. The molecule has 0 bridgehead atoms. The molecular formula is C21H17ClF4N4O3. The Morgan fingerprint density at radius 2 is 1.94 bits per heavy atom. The average Bonchev–Trinajstić information content (AvgIpc) is 2.76. The minimum absolute atomic E-state index is 0.126. The van der Waals surface area contributed by atoms with Crippen LogP contribution >= 0.6 is 11.6 Å². The molecule has 0 spiro atoms. The maximum Gasteiger partial charge on any atom is 0.417 e. The third kappa shape index (κ3) is 6.22. The van der Waals surface area contributed by atoms with Crippen LogP contribution in [0.1, 0.15) is 22.5 Å². The molecule has 1 aliphatic carbocycles. The van der Waals surface area contributed by atoms with Crippen LogP contribution in [0.4, 0.5) is 28.0 Å². The van der Waals surface area contributed by atoms with Crippen molar-refractivity contribution in [2.24, 2.45) is 0 Å². The Morgan fingerprint density at radius 3 is 2.61 bits per heavy atom. The maximum atomic E-state index is 14.5. The van der Waals surface area contributed by atoms with Crippen LogP contribution in [0.3, 0.4) is 0 Å². The maximum absolute atomic E-state index is 14.5. The van der Waals surface area contributed by atoms with Gasteiger partial charge in [0, 0.05) is 31.4 Å². The van der Waals surface area contributed by atoms with E-state index in [0.29, 0.717) is 11.8 Å². The van der Waals surface area contributed by atoms with Crippen LogP contribution in [0.25, 0.3) is 0 Å². The van der Waals surface area contributed by atoms with Gasteiger partial charge in [0.25, 0.3) is 5.91 Å². The molecule has 0 aliphatic heterocycles. The van der Waals surface area contributed by atoms with Crippen molar-refractivity contribution in [1.29, 1.82) is 0 Å². The van der Waals surface area contributed by atoms with E-state index in [2.05, 4.69) is 20.9 Å². The largest absolute Gasteiger partial charge is 0.486 e. The molecule has 1 heterocycles. The molecule has 12 heteroatoms. The van der Waals surface area contributed by atoms with Crippen molar-refractivity contribution < 1.29 is 31.9 Å². The van der Waals surface area contributed by atoms with Crippen molar-refractivity contribution in [3.8, 4) is 5.75 Å². The average molecular weight is 485 g/mol. The first-order valence-corrected chi connectivity index (χ1v) is 9.82. The number of halogens is 5. The van der Waals surface area contributed by atoms with Crippen molar-refractivity contribution in [3.05, 3.63) is 76.5 Å². The van der Waals surface area contributed by atoms with E-state index in [4.69, 9.17) is 16.3 Å². The number of benzene rings is 1. The number of hydrogen-bond donors (Lipinski definition) is 3. The monoisotopic (exact) mass is 484 g/mol. The van der Waals surface area contributed by atoms with Gasteiger partial charge in [-0.15, -0.1) is 0 Å². The van der Waals surface area contributed by atoms with Gasteiger partial charge in [-0.2, -0.15) is 13.2 Å². The summed E-state index contributed by atoms with van der Waals surface area (Å²) < 4.78 is 58.9. The van der Waals surface area contributed by atoms with Crippen molar-refractivity contribution in [3.63, 3.8) is 0 Å². The number of alkyl halides is 3. The fourth-order valence-corrected chi connectivity index (χ4v) is 3.09. The number of anilines is 1. The summed E-state index contributed by atoms with van der Waals surface area (Å²) in [6.45, 7) is 0. The van der Waals surface area contributed by atoms with Crippen molar-refractivity contribution in [2.75, 3.05) is 12.4 Å². The van der Waals surface area contributed by atoms with E-state index in [1.54, 1.807) is 0 Å². The number of carbonyl (C=O) groups excluding carboxylic acids is 2. The minimum Gasteiger partial charge on any atom is -0.486 e. The van der Waals surface area contributed by atoms with Crippen molar-refractivity contribution in [1.82, 2.24) is 15.6 Å². The highest BCUT2D eigenvalue weighted by Gasteiger charge is 2.33. The predicted octanol–water partition coefficient (Wildman–Crippen LogP) is 4.82. The van der Waals surface area contributed by atoms with Crippen LogP contribution in [0.15, 0.2) is 60.2 Å². The zero-order chi connectivity index (χ0) is 24.2. The first-order chi connectivity index (χ1) is 15.6. The van der Waals surface area contributed by atoms with E-state index in [1.165, 1.54) is 37.5 Å². The quantitative estimate of drug-likeness (QED) is 0.530. The number of aromatic nitrogens is 1. The van der Waals surface area contributed by atoms with Gasteiger partial charge < -0.3 is 20.7 Å². The number of nitrogens with one attached hydrogen (secondary N) is 3. The highest BCUT2D eigenvalue weighted by atomic mass is 35.5. The van der Waals surface area contributed by atoms with Crippen molar-refractivity contribution >= 4 is 29.2 Å². The lowest BCUT2D eigenvalue weighted by Gasteiger charge is -2.20. The topological polar surface area (TPSA) is 92.4 Å². The van der Waals surface area contributed by atoms with Crippen LogP contribution < -0.4 is 20.7 Å². The molecule has 0 fully saturated rings. The second kappa shape index (κ2) is 9.90. The lowest BCUT2D eigenvalue weighted by atomic mass is 10.1. The van der Waals surface area contributed by atoms with E-state index in [9.17, 15) is 27.2 Å². The van der Waals surface area contributed by atoms with Gasteiger partial charge >= 0.3 is 12.2 Å². The molecule has 0 saturated heterocycles. The van der Waals surface area contributed by atoms with Gasteiger partial charge in [-0.1, -0.05) is 17.7 Å². The van der Waals surface area contributed by atoms with E-state index in [0.717, 1.165) is 12.1 Å². The molecular weight excluding hydrogens is 468 g/mol. The first kappa shape index (κ1) is 24.1. The van der Waals surface area contributed by atoms with Crippen LogP contribution in [-0.2, 0) is 6.18 Å². The molecule has 3 rings (SSSR count). The molecule has 1 aromatic carbocycles. The summed E-state index contributed by atoms with van der Waals surface area (Å²) in [5.41, 5.74) is -1.32. The minimum atomic E-state index is -4.70. The molecule has 33 heavy (non-hydrogen) atoms. The normalized spacial score (nSPS) is 15.8. The molecule has 1 atom stereocenters. The molecule has 0 radical (unpaired) electrons. The van der Waals surface area contributed by atoms with Gasteiger partial charge in [0.1, 0.15) is 23.4 Å². The molecule has 2 aromatic rings. The number of allylic oxidation sites excluding steroid dienone is 1. The van der Waals surface area contributed by atoms with Crippen LogP contribution in [0.5, 0.6) is 5.75 Å². The Kier molecular flexibility index (Phi) is 7.22. The second-order valence-electron chi connectivity index (χ2n) is 6.75. The lowest BCUT2D eigenvalue weighted by molar-refractivity contribution is -0.137. The van der Waals surface area contributed by atoms with Crippen molar-refractivity contribution in [2.45, 2.75) is 18.7 Å². The van der Waals surface area contributed by atoms with Gasteiger partial charge in [-0.05, 0) is 30.3 Å². The zero-order valence-electron chi connectivity index (χ0n) is 17.0. The Bertz CT molecular complexity index is 1130. The highest BCUT2D eigenvalue weighted by Crippen LogP contribution is 2.36. The lowest BCUT2D eigenvalue weighted by Crippen LogP contribution is -2.30.